The van der Waals surface area contributed by atoms with Crippen LogP contribution in [0.5, 0.6) is 0 Å². The van der Waals surface area contributed by atoms with Gasteiger partial charge in [0.1, 0.15) is 5.60 Å². The molecule has 4 N–H and O–H groups in total. The van der Waals surface area contributed by atoms with Crippen molar-refractivity contribution >= 4 is 6.09 Å². The molecule has 1 amide bonds. The van der Waals surface area contributed by atoms with Gasteiger partial charge in [-0.1, -0.05) is 24.3 Å². The second-order valence-electron chi connectivity index (χ2n) is 4.92. The number of quaternary nitrogens is 1. The molecule has 0 aliphatic heterocycles. The molecule has 0 aliphatic carbocycles. The minimum atomic E-state index is -0.457. The van der Waals surface area contributed by atoms with E-state index in [0.717, 1.165) is 12.1 Å². The van der Waals surface area contributed by atoms with Gasteiger partial charge in [-0.3, -0.25) is 0 Å². The minimum Gasteiger partial charge on any atom is -0.444 e. The van der Waals surface area contributed by atoms with E-state index in [2.05, 4.69) is 11.1 Å². The van der Waals surface area contributed by atoms with Gasteiger partial charge >= 0.3 is 6.09 Å². The number of hydrogen-bond acceptors (Lipinski definition) is 2. The Bertz CT molecular complexity index is 366. The van der Waals surface area contributed by atoms with E-state index >= 15 is 0 Å². The predicted molar refractivity (Wildman–Crippen MR) is 66.1 cm³/mol. The Labute approximate surface area is 102 Å². The van der Waals surface area contributed by atoms with Gasteiger partial charge in [0.2, 0.25) is 0 Å². The molecule has 0 aromatic heterocycles. The number of nitrogens with one attached hydrogen (secondary N) is 1. The molecule has 0 atom stereocenters. The molecule has 0 aliphatic rings. The minimum absolute atomic E-state index is 0.390. The number of ether oxygens (including phenoxy) is 1. The molecule has 0 saturated heterocycles. The molecular formula is C13H21N2O2+. The number of rotatable bonds is 3. The maximum absolute atomic E-state index is 11.4. The molecular weight excluding hydrogens is 216 g/mol. The van der Waals surface area contributed by atoms with Crippen molar-refractivity contribution in [3.05, 3.63) is 35.4 Å². The van der Waals surface area contributed by atoms with E-state index in [9.17, 15) is 4.79 Å². The Morgan fingerprint density at radius 1 is 1.24 bits per heavy atom. The fourth-order valence-electron chi connectivity index (χ4n) is 1.31. The molecule has 0 unspecified atom stereocenters. The van der Waals surface area contributed by atoms with Crippen LogP contribution in [0.1, 0.15) is 31.9 Å². The topological polar surface area (TPSA) is 66.0 Å². The molecule has 0 bridgehead atoms. The zero-order chi connectivity index (χ0) is 12.9. The molecule has 0 heterocycles. The highest BCUT2D eigenvalue weighted by atomic mass is 16.6. The van der Waals surface area contributed by atoms with Crippen LogP contribution in [-0.2, 0) is 17.8 Å². The van der Waals surface area contributed by atoms with Gasteiger partial charge < -0.3 is 15.8 Å². The van der Waals surface area contributed by atoms with Crippen molar-refractivity contribution < 1.29 is 15.3 Å². The van der Waals surface area contributed by atoms with Crippen LogP contribution in [0.3, 0.4) is 0 Å². The first-order valence-electron chi connectivity index (χ1n) is 5.74. The fourth-order valence-corrected chi connectivity index (χ4v) is 1.31. The normalized spacial score (nSPS) is 11.1. The van der Waals surface area contributed by atoms with Crippen LogP contribution in [0.2, 0.25) is 0 Å². The van der Waals surface area contributed by atoms with Crippen molar-refractivity contribution in [1.82, 2.24) is 5.32 Å². The summed E-state index contributed by atoms with van der Waals surface area (Å²) >= 11 is 0. The van der Waals surface area contributed by atoms with Gasteiger partial charge in [-0.15, -0.1) is 0 Å². The Kier molecular flexibility index (Phi) is 4.52. The maximum atomic E-state index is 11.4. The highest BCUT2D eigenvalue weighted by Gasteiger charge is 2.15. The molecule has 1 aromatic rings. The largest absolute Gasteiger partial charge is 0.444 e. The zero-order valence-electron chi connectivity index (χ0n) is 10.7. The first-order valence-corrected chi connectivity index (χ1v) is 5.74. The SMILES string of the molecule is CC(C)(C)OC(=O)NCc1ccc(C[NH3+])cc1. The van der Waals surface area contributed by atoms with Crippen molar-refractivity contribution in [3.8, 4) is 0 Å². The fraction of sp³-hybridized carbons (Fsp3) is 0.462. The first kappa shape index (κ1) is 13.5. The lowest BCUT2D eigenvalue weighted by Gasteiger charge is -2.19. The van der Waals surface area contributed by atoms with Crippen molar-refractivity contribution in [1.29, 1.82) is 0 Å². The van der Waals surface area contributed by atoms with Gasteiger partial charge in [-0.2, -0.15) is 0 Å². The van der Waals surface area contributed by atoms with Gasteiger partial charge in [-0.05, 0) is 26.3 Å². The average molecular weight is 237 g/mol. The van der Waals surface area contributed by atoms with Gasteiger partial charge in [0.05, 0.1) is 6.54 Å². The summed E-state index contributed by atoms with van der Waals surface area (Å²) in [5.41, 5.74) is 5.59. The summed E-state index contributed by atoms with van der Waals surface area (Å²) in [5.74, 6) is 0. The number of carbonyl (C=O) groups excluding carboxylic acids is 1. The Morgan fingerprint density at radius 2 is 1.76 bits per heavy atom. The van der Waals surface area contributed by atoms with Gasteiger partial charge in [0.25, 0.3) is 0 Å². The van der Waals surface area contributed by atoms with Crippen LogP contribution in [0.4, 0.5) is 4.79 Å². The quantitative estimate of drug-likeness (QED) is 0.835. The molecule has 1 aromatic carbocycles. The van der Waals surface area contributed by atoms with E-state index in [4.69, 9.17) is 4.74 Å². The number of alkyl carbamates (subject to hydrolysis) is 1. The Hall–Kier alpha value is -1.55. The monoisotopic (exact) mass is 237 g/mol. The molecule has 4 heteroatoms. The van der Waals surface area contributed by atoms with Crippen LogP contribution in [-0.4, -0.2) is 11.7 Å². The summed E-state index contributed by atoms with van der Waals surface area (Å²) in [4.78, 5) is 11.4. The maximum Gasteiger partial charge on any atom is 0.407 e. The lowest BCUT2D eigenvalue weighted by molar-refractivity contribution is -0.386. The predicted octanol–water partition coefficient (Wildman–Crippen LogP) is 1.45. The van der Waals surface area contributed by atoms with E-state index in [1.54, 1.807) is 0 Å². The zero-order valence-corrected chi connectivity index (χ0v) is 10.7. The lowest BCUT2D eigenvalue weighted by atomic mass is 10.1. The van der Waals surface area contributed by atoms with Crippen LogP contribution < -0.4 is 11.1 Å². The lowest BCUT2D eigenvalue weighted by Crippen LogP contribution is -2.47. The summed E-state index contributed by atoms with van der Waals surface area (Å²) in [7, 11) is 0. The highest BCUT2D eigenvalue weighted by molar-refractivity contribution is 5.67. The molecule has 94 valence electrons. The van der Waals surface area contributed by atoms with Crippen molar-refractivity contribution in [2.45, 2.75) is 39.5 Å². The molecule has 4 nitrogen and oxygen atoms in total. The number of amides is 1. The van der Waals surface area contributed by atoms with Crippen molar-refractivity contribution in [2.24, 2.45) is 0 Å². The summed E-state index contributed by atoms with van der Waals surface area (Å²) in [5, 5.41) is 2.72. The van der Waals surface area contributed by atoms with Crippen LogP contribution >= 0.6 is 0 Å². The molecule has 17 heavy (non-hydrogen) atoms. The third kappa shape index (κ3) is 5.36. The first-order chi connectivity index (χ1) is 7.90. The smallest absolute Gasteiger partial charge is 0.407 e. The second-order valence-corrected chi connectivity index (χ2v) is 4.92. The summed E-state index contributed by atoms with van der Waals surface area (Å²) in [6, 6.07) is 7.99. The van der Waals surface area contributed by atoms with Gasteiger partial charge in [0.15, 0.2) is 0 Å². The Morgan fingerprint density at radius 3 is 2.24 bits per heavy atom. The van der Waals surface area contributed by atoms with Crippen LogP contribution in [0.15, 0.2) is 24.3 Å². The van der Waals surface area contributed by atoms with Crippen molar-refractivity contribution in [2.75, 3.05) is 0 Å². The highest BCUT2D eigenvalue weighted by Crippen LogP contribution is 2.07. The summed E-state index contributed by atoms with van der Waals surface area (Å²) in [6.07, 6.45) is -0.390. The number of carbonyl (C=O) groups is 1. The third-order valence-electron chi connectivity index (χ3n) is 2.15. The summed E-state index contributed by atoms with van der Waals surface area (Å²) < 4.78 is 5.14. The van der Waals surface area contributed by atoms with E-state index < -0.39 is 11.7 Å². The Balaban J connectivity index is 2.42. The van der Waals surface area contributed by atoms with Gasteiger partial charge in [-0.25, -0.2) is 4.79 Å². The van der Waals surface area contributed by atoms with Crippen LogP contribution in [0, 0.1) is 0 Å². The second kappa shape index (κ2) is 5.68. The number of hydrogen-bond donors (Lipinski definition) is 2. The van der Waals surface area contributed by atoms with E-state index in [1.165, 1.54) is 5.56 Å². The average Bonchev–Trinajstić information content (AvgIpc) is 2.25. The van der Waals surface area contributed by atoms with E-state index in [1.807, 2.05) is 45.0 Å². The number of benzene rings is 1. The standard InChI is InChI=1S/C13H20N2O2/c1-13(2,3)17-12(16)15-9-11-6-4-10(8-14)5-7-11/h4-7H,8-9,14H2,1-3H3,(H,15,16)/p+1. The molecule has 0 saturated carbocycles. The third-order valence-corrected chi connectivity index (χ3v) is 2.15. The molecule has 0 fully saturated rings. The summed E-state index contributed by atoms with van der Waals surface area (Å²) in [6.45, 7) is 6.78. The molecule has 0 radical (unpaired) electrons. The molecule has 1 rings (SSSR count). The molecule has 0 spiro atoms. The van der Waals surface area contributed by atoms with E-state index in [0.29, 0.717) is 6.54 Å². The van der Waals surface area contributed by atoms with Crippen LogP contribution in [0.25, 0.3) is 0 Å². The van der Waals surface area contributed by atoms with E-state index in [-0.39, 0.29) is 0 Å². The van der Waals surface area contributed by atoms with Crippen molar-refractivity contribution in [3.63, 3.8) is 0 Å². The van der Waals surface area contributed by atoms with Gasteiger partial charge in [0, 0.05) is 12.1 Å².